The van der Waals surface area contributed by atoms with Gasteiger partial charge in [-0.2, -0.15) is 0 Å². The summed E-state index contributed by atoms with van der Waals surface area (Å²) in [7, 11) is 0. The Hall–Kier alpha value is -0.240. The lowest BCUT2D eigenvalue weighted by atomic mass is 9.94. The van der Waals surface area contributed by atoms with E-state index in [1.807, 2.05) is 0 Å². The van der Waals surface area contributed by atoms with Crippen molar-refractivity contribution in [1.29, 1.82) is 0 Å². The summed E-state index contributed by atoms with van der Waals surface area (Å²) in [5, 5.41) is 0. The molecule has 0 spiro atoms. The van der Waals surface area contributed by atoms with Gasteiger partial charge in [-0.05, 0) is 12.8 Å². The van der Waals surface area contributed by atoms with Crippen molar-refractivity contribution in [2.45, 2.75) is 37.9 Å². The fourth-order valence-corrected chi connectivity index (χ4v) is 2.72. The van der Waals surface area contributed by atoms with E-state index in [-0.39, 0.29) is 12.2 Å². The van der Waals surface area contributed by atoms with Crippen molar-refractivity contribution in [1.82, 2.24) is 0 Å². The summed E-state index contributed by atoms with van der Waals surface area (Å²) in [6.07, 6.45) is 4.96. The van der Waals surface area contributed by atoms with Crippen LogP contribution in [0.2, 0.25) is 0 Å². The van der Waals surface area contributed by atoms with Crippen molar-refractivity contribution in [2.75, 3.05) is 66.1 Å². The van der Waals surface area contributed by atoms with Crippen LogP contribution in [0, 0.1) is 0 Å². The Morgan fingerprint density at radius 3 is 1.09 bits per heavy atom. The maximum Gasteiger partial charge on any atom is 0.0837 e. The highest BCUT2D eigenvalue weighted by molar-refractivity contribution is 4.76. The third-order valence-corrected chi connectivity index (χ3v) is 3.88. The standard InChI is InChI=1S/C16H30O6/c1-2-4-16-15(3-1)21-13-11-19-9-7-17-5-6-18-8-10-20-12-14-22-16/h15-16H,1-14H2/t15-,16-/m0/s1. The zero-order valence-corrected chi connectivity index (χ0v) is 13.5. The molecule has 0 unspecified atom stereocenters. The van der Waals surface area contributed by atoms with E-state index in [4.69, 9.17) is 28.4 Å². The van der Waals surface area contributed by atoms with Crippen molar-refractivity contribution >= 4 is 0 Å². The number of rotatable bonds is 0. The largest absolute Gasteiger partial charge is 0.377 e. The molecule has 0 aromatic heterocycles. The summed E-state index contributed by atoms with van der Waals surface area (Å²) in [5.41, 5.74) is 0. The van der Waals surface area contributed by atoms with Crippen LogP contribution in [0.15, 0.2) is 0 Å². The molecule has 6 nitrogen and oxygen atoms in total. The molecule has 0 bridgehead atoms. The molecule has 130 valence electrons. The topological polar surface area (TPSA) is 55.4 Å². The molecular weight excluding hydrogens is 288 g/mol. The highest BCUT2D eigenvalue weighted by atomic mass is 16.6. The van der Waals surface area contributed by atoms with Crippen LogP contribution < -0.4 is 0 Å². The monoisotopic (exact) mass is 318 g/mol. The Morgan fingerprint density at radius 2 is 0.727 bits per heavy atom. The second-order valence-electron chi connectivity index (χ2n) is 5.55. The van der Waals surface area contributed by atoms with Crippen molar-refractivity contribution in [2.24, 2.45) is 0 Å². The zero-order chi connectivity index (χ0) is 15.3. The number of ether oxygens (including phenoxy) is 6. The van der Waals surface area contributed by atoms with Crippen molar-refractivity contribution in [3.8, 4) is 0 Å². The van der Waals surface area contributed by atoms with E-state index < -0.39 is 0 Å². The van der Waals surface area contributed by atoms with Crippen molar-refractivity contribution in [3.05, 3.63) is 0 Å². The lowest BCUT2D eigenvalue weighted by Gasteiger charge is -2.31. The molecule has 2 atom stereocenters. The van der Waals surface area contributed by atoms with E-state index in [2.05, 4.69) is 0 Å². The highest BCUT2D eigenvalue weighted by Crippen LogP contribution is 2.23. The van der Waals surface area contributed by atoms with Gasteiger partial charge in [0.25, 0.3) is 0 Å². The lowest BCUT2D eigenvalue weighted by Crippen LogP contribution is -2.36. The van der Waals surface area contributed by atoms with E-state index in [1.54, 1.807) is 0 Å². The summed E-state index contributed by atoms with van der Waals surface area (Å²) in [5.74, 6) is 0. The van der Waals surface area contributed by atoms with E-state index in [0.29, 0.717) is 66.1 Å². The van der Waals surface area contributed by atoms with Gasteiger partial charge in [0.1, 0.15) is 0 Å². The Balaban J connectivity index is 1.69. The van der Waals surface area contributed by atoms with E-state index >= 15 is 0 Å². The molecule has 0 N–H and O–H groups in total. The third kappa shape index (κ3) is 7.85. The van der Waals surface area contributed by atoms with Gasteiger partial charge in [-0.1, -0.05) is 12.8 Å². The van der Waals surface area contributed by atoms with Crippen LogP contribution in [0.4, 0.5) is 0 Å². The molecule has 6 heteroatoms. The van der Waals surface area contributed by atoms with Crippen LogP contribution in [-0.4, -0.2) is 78.3 Å². The van der Waals surface area contributed by atoms with Gasteiger partial charge in [0.05, 0.1) is 78.3 Å². The molecule has 0 aromatic carbocycles. The van der Waals surface area contributed by atoms with Gasteiger partial charge in [-0.15, -0.1) is 0 Å². The maximum absolute atomic E-state index is 5.94. The Morgan fingerprint density at radius 1 is 0.409 bits per heavy atom. The first kappa shape index (κ1) is 18.1. The average molecular weight is 318 g/mol. The third-order valence-electron chi connectivity index (χ3n) is 3.88. The van der Waals surface area contributed by atoms with Gasteiger partial charge in [0.15, 0.2) is 0 Å². The van der Waals surface area contributed by atoms with E-state index in [0.717, 1.165) is 12.8 Å². The first-order valence-electron chi connectivity index (χ1n) is 8.51. The van der Waals surface area contributed by atoms with E-state index in [1.165, 1.54) is 12.8 Å². The van der Waals surface area contributed by atoms with Crippen LogP contribution in [0.1, 0.15) is 25.7 Å². The Kier molecular flexibility index (Phi) is 10.1. The molecule has 2 rings (SSSR count). The predicted octanol–water partition coefficient (Wildman–Crippen LogP) is 1.41. The fraction of sp³-hybridized carbons (Fsp3) is 1.00. The van der Waals surface area contributed by atoms with Gasteiger partial charge in [-0.25, -0.2) is 0 Å². The summed E-state index contributed by atoms with van der Waals surface area (Å²) in [6, 6.07) is 0. The van der Waals surface area contributed by atoms with Gasteiger partial charge >= 0.3 is 0 Å². The molecule has 0 aromatic rings. The van der Waals surface area contributed by atoms with Gasteiger partial charge in [0, 0.05) is 0 Å². The van der Waals surface area contributed by atoms with Crippen LogP contribution >= 0.6 is 0 Å². The fourth-order valence-electron chi connectivity index (χ4n) is 2.72. The van der Waals surface area contributed by atoms with Crippen LogP contribution in [-0.2, 0) is 28.4 Å². The Bertz CT molecular complexity index is 237. The molecular formula is C16H30O6. The Labute approximate surface area is 133 Å². The second-order valence-corrected chi connectivity index (χ2v) is 5.55. The summed E-state index contributed by atoms with van der Waals surface area (Å²) in [4.78, 5) is 0. The van der Waals surface area contributed by atoms with E-state index in [9.17, 15) is 0 Å². The van der Waals surface area contributed by atoms with Crippen molar-refractivity contribution < 1.29 is 28.4 Å². The molecule has 1 saturated heterocycles. The molecule has 2 fully saturated rings. The SMILES string of the molecule is C1CC[C@@H]2OCCOCCOCCOCCOCCO[C@H]2C1. The second kappa shape index (κ2) is 12.2. The molecule has 1 saturated carbocycles. The van der Waals surface area contributed by atoms with Gasteiger partial charge in [-0.3, -0.25) is 0 Å². The predicted molar refractivity (Wildman–Crippen MR) is 81.2 cm³/mol. The molecule has 22 heavy (non-hydrogen) atoms. The van der Waals surface area contributed by atoms with Crippen LogP contribution in [0.25, 0.3) is 0 Å². The van der Waals surface area contributed by atoms with Gasteiger partial charge < -0.3 is 28.4 Å². The zero-order valence-electron chi connectivity index (χ0n) is 13.5. The number of hydrogen-bond donors (Lipinski definition) is 0. The number of fused-ring (bicyclic) bond motifs is 1. The summed E-state index contributed by atoms with van der Waals surface area (Å²) < 4.78 is 33.7. The first-order chi connectivity index (χ1) is 11.0. The molecule has 0 radical (unpaired) electrons. The molecule has 0 amide bonds. The van der Waals surface area contributed by atoms with Crippen molar-refractivity contribution in [3.63, 3.8) is 0 Å². The normalized spacial score (nSPS) is 31.6. The molecule has 2 aliphatic rings. The minimum Gasteiger partial charge on any atom is -0.377 e. The smallest absolute Gasteiger partial charge is 0.0837 e. The summed E-state index contributed by atoms with van der Waals surface area (Å²) in [6.45, 7) is 5.99. The van der Waals surface area contributed by atoms with Crippen LogP contribution in [0.5, 0.6) is 0 Å². The average Bonchev–Trinajstić information content (AvgIpc) is 2.55. The minimum atomic E-state index is 0.191. The molecule has 1 aliphatic heterocycles. The minimum absolute atomic E-state index is 0.191. The molecule has 1 aliphatic carbocycles. The highest BCUT2D eigenvalue weighted by Gasteiger charge is 2.26. The molecule has 1 heterocycles. The quantitative estimate of drug-likeness (QED) is 0.673. The lowest BCUT2D eigenvalue weighted by molar-refractivity contribution is -0.113. The summed E-state index contributed by atoms with van der Waals surface area (Å²) >= 11 is 0. The maximum atomic E-state index is 5.94. The van der Waals surface area contributed by atoms with Crippen LogP contribution in [0.3, 0.4) is 0 Å². The first-order valence-corrected chi connectivity index (χ1v) is 8.51. The number of hydrogen-bond acceptors (Lipinski definition) is 6. The van der Waals surface area contributed by atoms with Gasteiger partial charge in [0.2, 0.25) is 0 Å².